The lowest BCUT2D eigenvalue weighted by Gasteiger charge is -2.17. The van der Waals surface area contributed by atoms with Gasteiger partial charge in [-0.05, 0) is 36.9 Å². The summed E-state index contributed by atoms with van der Waals surface area (Å²) in [7, 11) is 1.72. The predicted molar refractivity (Wildman–Crippen MR) is 70.8 cm³/mol. The van der Waals surface area contributed by atoms with Gasteiger partial charge in [-0.25, -0.2) is 4.39 Å². The van der Waals surface area contributed by atoms with Crippen molar-refractivity contribution in [3.63, 3.8) is 0 Å². The fourth-order valence-corrected chi connectivity index (χ4v) is 2.72. The topological polar surface area (TPSA) is 12.0 Å². The van der Waals surface area contributed by atoms with Crippen molar-refractivity contribution in [3.8, 4) is 0 Å². The van der Waals surface area contributed by atoms with Crippen LogP contribution in [0.3, 0.4) is 0 Å². The van der Waals surface area contributed by atoms with Gasteiger partial charge in [-0.3, -0.25) is 0 Å². The highest BCUT2D eigenvalue weighted by molar-refractivity contribution is 7.99. The van der Waals surface area contributed by atoms with Crippen LogP contribution in [-0.4, -0.2) is 18.6 Å². The molecule has 0 saturated carbocycles. The van der Waals surface area contributed by atoms with Crippen molar-refractivity contribution in [2.45, 2.75) is 25.6 Å². The molecule has 0 saturated heterocycles. The average molecular weight is 295 g/mol. The Labute approximate surface area is 114 Å². The van der Waals surface area contributed by atoms with Crippen LogP contribution in [0.5, 0.6) is 0 Å². The molecule has 0 amide bonds. The molecule has 1 atom stereocenters. The van der Waals surface area contributed by atoms with E-state index in [1.807, 2.05) is 0 Å². The highest BCUT2D eigenvalue weighted by atomic mass is 32.2. The second-order valence-electron chi connectivity index (χ2n) is 4.15. The Morgan fingerprint density at radius 2 is 2.00 bits per heavy atom. The Morgan fingerprint density at radius 3 is 2.47 bits per heavy atom. The molecule has 108 valence electrons. The molecule has 1 aromatic rings. The average Bonchev–Trinajstić information content (AvgIpc) is 2.33. The number of hydrogen-bond donors (Lipinski definition) is 1. The van der Waals surface area contributed by atoms with E-state index in [4.69, 9.17) is 0 Å². The number of hydrogen-bond acceptors (Lipinski definition) is 2. The summed E-state index contributed by atoms with van der Waals surface area (Å²) in [6, 6.07) is 2.96. The zero-order chi connectivity index (χ0) is 14.5. The molecule has 1 rings (SSSR count). The van der Waals surface area contributed by atoms with Gasteiger partial charge in [-0.1, -0.05) is 13.0 Å². The van der Waals surface area contributed by atoms with Crippen LogP contribution in [0, 0.1) is 5.82 Å². The molecule has 1 N–H and O–H groups in total. The van der Waals surface area contributed by atoms with E-state index >= 15 is 0 Å². The van der Waals surface area contributed by atoms with Gasteiger partial charge in [0.25, 0.3) is 0 Å². The van der Waals surface area contributed by atoms with E-state index in [-0.39, 0.29) is 6.04 Å². The highest BCUT2D eigenvalue weighted by Crippen LogP contribution is 2.32. The van der Waals surface area contributed by atoms with Crippen molar-refractivity contribution < 1.29 is 17.6 Å². The minimum atomic E-state index is -4.64. The molecule has 0 aromatic heterocycles. The predicted octanol–water partition coefficient (Wildman–Crippen LogP) is 4.25. The van der Waals surface area contributed by atoms with Gasteiger partial charge in [0.05, 0.1) is 5.56 Å². The maximum atomic E-state index is 13.5. The summed E-state index contributed by atoms with van der Waals surface area (Å²) in [4.78, 5) is 0. The second-order valence-corrected chi connectivity index (χ2v) is 5.30. The van der Waals surface area contributed by atoms with Gasteiger partial charge in [0, 0.05) is 11.8 Å². The minimum absolute atomic E-state index is 0.145. The number of thioether (sulfide) groups is 1. The first kappa shape index (κ1) is 16.3. The third-order valence-corrected chi connectivity index (χ3v) is 3.95. The van der Waals surface area contributed by atoms with Gasteiger partial charge in [-0.15, -0.1) is 0 Å². The summed E-state index contributed by atoms with van der Waals surface area (Å²) in [6.45, 7) is 2.05. The molecule has 1 aromatic carbocycles. The van der Waals surface area contributed by atoms with E-state index in [1.165, 1.54) is 6.07 Å². The smallest absolute Gasteiger partial charge is 0.312 e. The van der Waals surface area contributed by atoms with Crippen LogP contribution in [-0.2, 0) is 6.18 Å². The van der Waals surface area contributed by atoms with E-state index in [0.717, 1.165) is 24.3 Å². The molecule has 0 heterocycles. The molecular formula is C13H17F4NS. The summed E-state index contributed by atoms with van der Waals surface area (Å²) in [5.41, 5.74) is -0.677. The number of rotatable bonds is 6. The number of benzene rings is 1. The molecule has 19 heavy (non-hydrogen) atoms. The van der Waals surface area contributed by atoms with Crippen LogP contribution in [0.4, 0.5) is 17.6 Å². The van der Waals surface area contributed by atoms with E-state index < -0.39 is 17.6 Å². The van der Waals surface area contributed by atoms with Crippen molar-refractivity contribution in [3.05, 3.63) is 35.1 Å². The Morgan fingerprint density at radius 1 is 1.32 bits per heavy atom. The van der Waals surface area contributed by atoms with Crippen LogP contribution in [0.25, 0.3) is 0 Å². The Hall–Kier alpha value is -0.750. The van der Waals surface area contributed by atoms with Gasteiger partial charge >= 0.3 is 6.18 Å². The van der Waals surface area contributed by atoms with E-state index in [1.54, 1.807) is 18.8 Å². The van der Waals surface area contributed by atoms with Crippen LogP contribution in [0.15, 0.2) is 18.2 Å². The monoisotopic (exact) mass is 295 g/mol. The molecule has 0 spiro atoms. The summed E-state index contributed by atoms with van der Waals surface area (Å²) >= 11 is 1.69. The van der Waals surface area contributed by atoms with Gasteiger partial charge in [0.15, 0.2) is 0 Å². The Bertz CT molecular complexity index is 406. The van der Waals surface area contributed by atoms with Crippen LogP contribution < -0.4 is 5.32 Å². The molecule has 1 unspecified atom stereocenters. The van der Waals surface area contributed by atoms with E-state index in [0.29, 0.717) is 11.3 Å². The standard InChI is InChI=1S/C13H17F4NS/c1-3-6-19-8-12(18-2)9-4-5-10(11(14)7-9)13(15,16)17/h4-5,7,12,18H,3,6,8H2,1-2H3. The van der Waals surface area contributed by atoms with E-state index in [9.17, 15) is 17.6 Å². The SMILES string of the molecule is CCCSCC(NC)c1ccc(C(F)(F)F)c(F)c1. The molecule has 0 aliphatic rings. The lowest BCUT2D eigenvalue weighted by Crippen LogP contribution is -2.20. The van der Waals surface area contributed by atoms with Gasteiger partial charge in [0.2, 0.25) is 0 Å². The molecule has 0 bridgehead atoms. The van der Waals surface area contributed by atoms with Crippen LogP contribution >= 0.6 is 11.8 Å². The number of alkyl halides is 3. The second kappa shape index (κ2) is 7.14. The summed E-state index contributed by atoms with van der Waals surface area (Å²) in [6.07, 6.45) is -3.61. The van der Waals surface area contributed by atoms with Gasteiger partial charge in [-0.2, -0.15) is 24.9 Å². The third-order valence-electron chi connectivity index (χ3n) is 2.68. The van der Waals surface area contributed by atoms with Crippen molar-refractivity contribution in [1.29, 1.82) is 0 Å². The van der Waals surface area contributed by atoms with Crippen LogP contribution in [0.1, 0.15) is 30.5 Å². The molecule has 6 heteroatoms. The number of halogens is 4. The lowest BCUT2D eigenvalue weighted by atomic mass is 10.1. The van der Waals surface area contributed by atoms with Crippen molar-refractivity contribution in [1.82, 2.24) is 5.32 Å². The van der Waals surface area contributed by atoms with Crippen molar-refractivity contribution in [2.24, 2.45) is 0 Å². The normalized spacial score (nSPS) is 13.6. The van der Waals surface area contributed by atoms with Gasteiger partial charge in [0.1, 0.15) is 5.82 Å². The maximum absolute atomic E-state index is 13.5. The maximum Gasteiger partial charge on any atom is 0.419 e. The zero-order valence-electron chi connectivity index (χ0n) is 10.9. The Kier molecular flexibility index (Phi) is 6.13. The largest absolute Gasteiger partial charge is 0.419 e. The fraction of sp³-hybridized carbons (Fsp3) is 0.538. The van der Waals surface area contributed by atoms with Crippen molar-refractivity contribution >= 4 is 11.8 Å². The summed E-state index contributed by atoms with van der Waals surface area (Å²) in [5.74, 6) is 0.460. The quantitative estimate of drug-likeness (QED) is 0.622. The lowest BCUT2D eigenvalue weighted by molar-refractivity contribution is -0.140. The summed E-state index contributed by atoms with van der Waals surface area (Å²) in [5, 5.41) is 2.99. The zero-order valence-corrected chi connectivity index (χ0v) is 11.7. The summed E-state index contributed by atoms with van der Waals surface area (Å²) < 4.78 is 50.8. The molecule has 0 radical (unpaired) electrons. The molecule has 0 fully saturated rings. The molecule has 0 aliphatic carbocycles. The third kappa shape index (κ3) is 4.69. The highest BCUT2D eigenvalue weighted by Gasteiger charge is 2.34. The minimum Gasteiger partial charge on any atom is -0.312 e. The first-order valence-electron chi connectivity index (χ1n) is 6.01. The van der Waals surface area contributed by atoms with Crippen molar-refractivity contribution in [2.75, 3.05) is 18.6 Å². The first-order chi connectivity index (χ1) is 8.90. The van der Waals surface area contributed by atoms with Gasteiger partial charge < -0.3 is 5.32 Å². The molecule has 1 nitrogen and oxygen atoms in total. The van der Waals surface area contributed by atoms with Crippen LogP contribution in [0.2, 0.25) is 0 Å². The Balaban J connectivity index is 2.86. The van der Waals surface area contributed by atoms with E-state index in [2.05, 4.69) is 12.2 Å². The first-order valence-corrected chi connectivity index (χ1v) is 7.17. The molecular weight excluding hydrogens is 278 g/mol. The number of nitrogens with one attached hydrogen (secondary N) is 1. The molecule has 0 aliphatic heterocycles. The fourth-order valence-electron chi connectivity index (χ4n) is 1.67.